The number of hydrogen-bond acceptors (Lipinski definition) is 7. The lowest BCUT2D eigenvalue weighted by Gasteiger charge is -2.17. The molecule has 0 N–H and O–H groups in total. The molecular formula is C20H16NO5S2-. The Bertz CT molecular complexity index is 1020. The quantitative estimate of drug-likeness (QED) is 0.550. The van der Waals surface area contributed by atoms with Crippen LogP contribution < -0.4 is 19.5 Å². The predicted octanol–water partition coefficient (Wildman–Crippen LogP) is 2.78. The first kappa shape index (κ1) is 19.9. The summed E-state index contributed by atoms with van der Waals surface area (Å²) < 4.78 is 10.8. The minimum Gasteiger partial charge on any atom is -0.545 e. The molecule has 6 nitrogen and oxygen atoms in total. The van der Waals surface area contributed by atoms with Crippen LogP contribution in [0, 0.1) is 6.92 Å². The standard InChI is InChI=1S/C20H17NO5S2/c1-11-4-6-13(10-14(11)19(23)24)21-18(22)17(28-20(21)27)9-12-5-7-15(25-2)16(8-12)26-3/h4-10H,1-3H3,(H,23,24)/p-1/b17-9-. The molecule has 144 valence electrons. The topological polar surface area (TPSA) is 78.9 Å². The van der Waals surface area contributed by atoms with Gasteiger partial charge in [0.1, 0.15) is 0 Å². The number of thioether (sulfide) groups is 1. The van der Waals surface area contributed by atoms with Crippen molar-refractivity contribution in [3.05, 3.63) is 58.0 Å². The Kier molecular flexibility index (Phi) is 5.71. The molecule has 0 atom stereocenters. The predicted molar refractivity (Wildman–Crippen MR) is 111 cm³/mol. The third kappa shape index (κ3) is 3.74. The van der Waals surface area contributed by atoms with Crippen molar-refractivity contribution in [1.29, 1.82) is 0 Å². The molecule has 3 rings (SSSR count). The highest BCUT2D eigenvalue weighted by Crippen LogP contribution is 2.37. The third-order valence-electron chi connectivity index (χ3n) is 4.20. The monoisotopic (exact) mass is 414 g/mol. The molecule has 0 bridgehead atoms. The van der Waals surface area contributed by atoms with E-state index in [-0.39, 0.29) is 11.5 Å². The van der Waals surface area contributed by atoms with Crippen LogP contribution in [0.1, 0.15) is 21.5 Å². The van der Waals surface area contributed by atoms with Gasteiger partial charge < -0.3 is 19.4 Å². The molecule has 1 fully saturated rings. The zero-order valence-corrected chi connectivity index (χ0v) is 17.0. The van der Waals surface area contributed by atoms with E-state index >= 15 is 0 Å². The maximum Gasteiger partial charge on any atom is 0.270 e. The molecule has 2 aromatic rings. The summed E-state index contributed by atoms with van der Waals surface area (Å²) in [5.74, 6) is -0.492. The summed E-state index contributed by atoms with van der Waals surface area (Å²) in [6.07, 6.45) is 1.70. The molecule has 8 heteroatoms. The van der Waals surface area contributed by atoms with E-state index in [9.17, 15) is 14.7 Å². The summed E-state index contributed by atoms with van der Waals surface area (Å²) >= 11 is 6.49. The van der Waals surface area contributed by atoms with Gasteiger partial charge in [-0.25, -0.2) is 0 Å². The van der Waals surface area contributed by atoms with Crippen LogP contribution >= 0.6 is 24.0 Å². The van der Waals surface area contributed by atoms with Gasteiger partial charge in [0, 0.05) is 5.56 Å². The number of carboxylic acid groups (broad SMARTS) is 1. The Morgan fingerprint density at radius 3 is 2.50 bits per heavy atom. The molecule has 0 spiro atoms. The summed E-state index contributed by atoms with van der Waals surface area (Å²) in [6, 6.07) is 9.98. The first-order valence-corrected chi connectivity index (χ1v) is 9.40. The van der Waals surface area contributed by atoms with Crippen LogP contribution in [0.2, 0.25) is 0 Å². The molecule has 28 heavy (non-hydrogen) atoms. The van der Waals surface area contributed by atoms with Gasteiger partial charge in [-0.05, 0) is 48.4 Å². The SMILES string of the molecule is COc1ccc(/C=C2\SC(=S)N(c3ccc(C)c(C(=O)[O-])c3)C2=O)cc1OC. The van der Waals surface area contributed by atoms with Gasteiger partial charge in [0.25, 0.3) is 5.91 Å². The summed E-state index contributed by atoms with van der Waals surface area (Å²) in [5, 5.41) is 11.3. The maximum atomic E-state index is 12.9. The van der Waals surface area contributed by atoms with E-state index in [0.717, 1.165) is 17.3 Å². The zero-order chi connectivity index (χ0) is 20.4. The van der Waals surface area contributed by atoms with Crippen molar-refractivity contribution in [2.24, 2.45) is 0 Å². The Hall–Kier alpha value is -2.84. The summed E-state index contributed by atoms with van der Waals surface area (Å²) in [7, 11) is 3.08. The summed E-state index contributed by atoms with van der Waals surface area (Å²) in [6.45, 7) is 1.66. The van der Waals surface area contributed by atoms with E-state index in [0.29, 0.717) is 32.0 Å². The number of aryl methyl sites for hydroxylation is 1. The highest BCUT2D eigenvalue weighted by Gasteiger charge is 2.33. The minimum absolute atomic E-state index is 0.0235. The molecule has 0 aromatic heterocycles. The van der Waals surface area contributed by atoms with Gasteiger partial charge in [-0.2, -0.15) is 0 Å². The fraction of sp³-hybridized carbons (Fsp3) is 0.150. The third-order valence-corrected chi connectivity index (χ3v) is 5.50. The highest BCUT2D eigenvalue weighted by molar-refractivity contribution is 8.27. The van der Waals surface area contributed by atoms with E-state index in [4.69, 9.17) is 21.7 Å². The number of aromatic carboxylic acids is 1. The lowest BCUT2D eigenvalue weighted by Crippen LogP contribution is -2.29. The number of ether oxygens (including phenoxy) is 2. The van der Waals surface area contributed by atoms with Crippen LogP contribution in [0.5, 0.6) is 11.5 Å². The molecule has 1 aliphatic rings. The number of nitrogens with zero attached hydrogens (tertiary/aromatic N) is 1. The fourth-order valence-electron chi connectivity index (χ4n) is 2.75. The van der Waals surface area contributed by atoms with Crippen LogP contribution in [-0.4, -0.2) is 30.4 Å². The van der Waals surface area contributed by atoms with Crippen molar-refractivity contribution < 1.29 is 24.2 Å². The molecule has 1 aliphatic heterocycles. The lowest BCUT2D eigenvalue weighted by molar-refractivity contribution is -0.255. The van der Waals surface area contributed by atoms with E-state index in [1.54, 1.807) is 50.4 Å². The van der Waals surface area contributed by atoms with Gasteiger partial charge in [0.2, 0.25) is 0 Å². The van der Waals surface area contributed by atoms with Crippen LogP contribution in [0.25, 0.3) is 6.08 Å². The number of rotatable bonds is 5. The van der Waals surface area contributed by atoms with Crippen molar-refractivity contribution in [2.45, 2.75) is 6.92 Å². The van der Waals surface area contributed by atoms with Crippen LogP contribution in [0.3, 0.4) is 0 Å². The van der Waals surface area contributed by atoms with Crippen molar-refractivity contribution in [3.63, 3.8) is 0 Å². The van der Waals surface area contributed by atoms with Crippen molar-refractivity contribution in [1.82, 2.24) is 0 Å². The number of carboxylic acids is 1. The van der Waals surface area contributed by atoms with Crippen LogP contribution in [0.15, 0.2) is 41.3 Å². The highest BCUT2D eigenvalue weighted by atomic mass is 32.2. The second-order valence-electron chi connectivity index (χ2n) is 5.92. The molecule has 0 unspecified atom stereocenters. The average Bonchev–Trinajstić information content (AvgIpc) is 2.95. The number of carbonyl (C=O) groups excluding carboxylic acids is 2. The second kappa shape index (κ2) is 8.04. The molecule has 2 aromatic carbocycles. The Morgan fingerprint density at radius 1 is 1.14 bits per heavy atom. The van der Waals surface area contributed by atoms with Gasteiger partial charge in [0.15, 0.2) is 15.8 Å². The average molecular weight is 414 g/mol. The van der Waals surface area contributed by atoms with Gasteiger partial charge in [-0.15, -0.1) is 0 Å². The smallest absolute Gasteiger partial charge is 0.270 e. The number of methoxy groups -OCH3 is 2. The van der Waals surface area contributed by atoms with Crippen molar-refractivity contribution in [2.75, 3.05) is 19.1 Å². The Balaban J connectivity index is 1.95. The molecule has 1 heterocycles. The van der Waals surface area contributed by atoms with E-state index < -0.39 is 5.97 Å². The van der Waals surface area contributed by atoms with Gasteiger partial charge in [-0.1, -0.05) is 36.1 Å². The number of thiocarbonyl (C=S) groups is 1. The first-order chi connectivity index (χ1) is 13.3. The van der Waals surface area contributed by atoms with Gasteiger partial charge in [0.05, 0.1) is 30.8 Å². The number of benzene rings is 2. The van der Waals surface area contributed by atoms with E-state index in [1.807, 2.05) is 0 Å². The normalized spacial score (nSPS) is 15.2. The van der Waals surface area contributed by atoms with Gasteiger partial charge in [-0.3, -0.25) is 9.69 Å². The Morgan fingerprint density at radius 2 is 1.86 bits per heavy atom. The van der Waals surface area contributed by atoms with Gasteiger partial charge >= 0.3 is 0 Å². The van der Waals surface area contributed by atoms with Crippen LogP contribution in [-0.2, 0) is 4.79 Å². The minimum atomic E-state index is -1.30. The number of anilines is 1. The van der Waals surface area contributed by atoms with Crippen molar-refractivity contribution in [3.8, 4) is 11.5 Å². The molecule has 1 saturated heterocycles. The molecule has 0 saturated carbocycles. The molecule has 0 aliphatic carbocycles. The Labute approximate surface area is 171 Å². The number of hydrogen-bond donors (Lipinski definition) is 0. The fourth-order valence-corrected chi connectivity index (χ4v) is 4.05. The molecular weight excluding hydrogens is 398 g/mol. The first-order valence-electron chi connectivity index (χ1n) is 8.17. The summed E-state index contributed by atoms with van der Waals surface area (Å²) in [4.78, 5) is 25.9. The maximum absolute atomic E-state index is 12.9. The van der Waals surface area contributed by atoms with Crippen LogP contribution in [0.4, 0.5) is 5.69 Å². The van der Waals surface area contributed by atoms with E-state index in [1.165, 1.54) is 18.1 Å². The zero-order valence-electron chi connectivity index (χ0n) is 15.3. The second-order valence-corrected chi connectivity index (χ2v) is 7.59. The molecule has 1 amide bonds. The molecule has 0 radical (unpaired) electrons. The largest absolute Gasteiger partial charge is 0.545 e. The van der Waals surface area contributed by atoms with E-state index in [2.05, 4.69) is 0 Å². The summed E-state index contributed by atoms with van der Waals surface area (Å²) in [5.41, 5.74) is 1.71. The number of carbonyl (C=O) groups is 2. The lowest BCUT2D eigenvalue weighted by atomic mass is 10.1. The number of amides is 1. The van der Waals surface area contributed by atoms with Crippen molar-refractivity contribution >= 4 is 51.9 Å².